The zero-order chi connectivity index (χ0) is 15.7. The molecule has 0 saturated carbocycles. The van der Waals surface area contributed by atoms with Gasteiger partial charge in [0.1, 0.15) is 5.82 Å². The Morgan fingerprint density at radius 2 is 2.00 bits per heavy atom. The van der Waals surface area contributed by atoms with E-state index >= 15 is 0 Å². The third-order valence-electron chi connectivity index (χ3n) is 2.93. The van der Waals surface area contributed by atoms with Gasteiger partial charge in [-0.25, -0.2) is 25.9 Å². The lowest BCUT2D eigenvalue weighted by atomic mass is 10.3. The van der Waals surface area contributed by atoms with E-state index in [-0.39, 0.29) is 16.6 Å². The first kappa shape index (κ1) is 16.1. The lowest BCUT2D eigenvalue weighted by Crippen LogP contribution is -2.36. The van der Waals surface area contributed by atoms with Crippen LogP contribution in [0, 0.1) is 5.82 Å². The number of rotatable bonds is 5. The van der Waals surface area contributed by atoms with Crippen molar-refractivity contribution in [3.63, 3.8) is 0 Å². The van der Waals surface area contributed by atoms with Crippen molar-refractivity contribution in [1.82, 2.24) is 10.0 Å². The Balaban J connectivity index is 2.22. The van der Waals surface area contributed by atoms with E-state index in [0.717, 1.165) is 31.0 Å². The van der Waals surface area contributed by atoms with Gasteiger partial charge >= 0.3 is 0 Å². The van der Waals surface area contributed by atoms with E-state index in [1.807, 2.05) is 4.72 Å². The van der Waals surface area contributed by atoms with E-state index in [4.69, 9.17) is 0 Å². The fourth-order valence-corrected chi connectivity index (χ4v) is 3.84. The van der Waals surface area contributed by atoms with Gasteiger partial charge < -0.3 is 5.32 Å². The number of nitrogens with one attached hydrogen (secondary N) is 3. The number of hydrogen-bond donors (Lipinski definition) is 3. The summed E-state index contributed by atoms with van der Waals surface area (Å²) in [4.78, 5) is -0.244. The van der Waals surface area contributed by atoms with Crippen LogP contribution in [0.15, 0.2) is 23.1 Å². The first-order valence-corrected chi connectivity index (χ1v) is 9.55. The van der Waals surface area contributed by atoms with Gasteiger partial charge in [0, 0.05) is 12.6 Å². The van der Waals surface area contributed by atoms with Gasteiger partial charge in [0.15, 0.2) is 0 Å². The van der Waals surface area contributed by atoms with Gasteiger partial charge in [0.2, 0.25) is 20.0 Å². The maximum atomic E-state index is 13.8. The fraction of sp³-hybridized carbons (Fsp3) is 0.455. The SMILES string of the molecule is CS(=O)(=O)Nc1ccc(S(=O)(=O)NC2CCNC2)cc1F. The van der Waals surface area contributed by atoms with Crippen molar-refractivity contribution in [1.29, 1.82) is 0 Å². The third kappa shape index (κ3) is 4.37. The van der Waals surface area contributed by atoms with Gasteiger partial charge in [-0.05, 0) is 31.2 Å². The predicted molar refractivity (Wildman–Crippen MR) is 76.5 cm³/mol. The fourth-order valence-electron chi connectivity index (χ4n) is 1.99. The highest BCUT2D eigenvalue weighted by molar-refractivity contribution is 7.92. The van der Waals surface area contributed by atoms with Crippen LogP contribution >= 0.6 is 0 Å². The molecule has 1 atom stereocenters. The molecule has 2 rings (SSSR count). The molecule has 7 nitrogen and oxygen atoms in total. The molecular formula is C11H16FN3O4S2. The average Bonchev–Trinajstić information content (AvgIpc) is 2.82. The molecular weight excluding hydrogens is 321 g/mol. The molecule has 1 aliphatic rings. The maximum Gasteiger partial charge on any atom is 0.240 e. The Labute approximate surface area is 123 Å². The number of sulfonamides is 2. The van der Waals surface area contributed by atoms with Crippen LogP contribution < -0.4 is 14.8 Å². The summed E-state index contributed by atoms with van der Waals surface area (Å²) in [5.74, 6) is -0.951. The molecule has 1 unspecified atom stereocenters. The van der Waals surface area contributed by atoms with Crippen LogP contribution in [0.3, 0.4) is 0 Å². The van der Waals surface area contributed by atoms with E-state index in [0.29, 0.717) is 13.0 Å². The van der Waals surface area contributed by atoms with Crippen molar-refractivity contribution < 1.29 is 21.2 Å². The van der Waals surface area contributed by atoms with Crippen LogP contribution in [0.25, 0.3) is 0 Å². The topological polar surface area (TPSA) is 104 Å². The van der Waals surface area contributed by atoms with Crippen molar-refractivity contribution in [3.05, 3.63) is 24.0 Å². The average molecular weight is 337 g/mol. The summed E-state index contributed by atoms with van der Waals surface area (Å²) < 4.78 is 64.5. The molecule has 0 spiro atoms. The minimum atomic E-state index is -3.83. The van der Waals surface area contributed by atoms with E-state index < -0.39 is 25.9 Å². The first-order valence-electron chi connectivity index (χ1n) is 6.18. The number of benzene rings is 1. The lowest BCUT2D eigenvalue weighted by Gasteiger charge is -2.13. The van der Waals surface area contributed by atoms with Gasteiger partial charge in [-0.3, -0.25) is 4.72 Å². The maximum absolute atomic E-state index is 13.8. The molecule has 1 aromatic carbocycles. The molecule has 1 aromatic rings. The highest BCUT2D eigenvalue weighted by Crippen LogP contribution is 2.20. The highest BCUT2D eigenvalue weighted by Gasteiger charge is 2.23. The van der Waals surface area contributed by atoms with Crippen LogP contribution in [0.1, 0.15) is 6.42 Å². The normalized spacial score (nSPS) is 19.6. The zero-order valence-corrected chi connectivity index (χ0v) is 12.9. The third-order valence-corrected chi connectivity index (χ3v) is 5.04. The van der Waals surface area contributed by atoms with Gasteiger partial charge in [-0.2, -0.15) is 0 Å². The van der Waals surface area contributed by atoms with Crippen molar-refractivity contribution in [2.75, 3.05) is 24.1 Å². The molecule has 1 saturated heterocycles. The molecule has 3 N–H and O–H groups in total. The largest absolute Gasteiger partial charge is 0.315 e. The van der Waals surface area contributed by atoms with Crippen molar-refractivity contribution in [2.24, 2.45) is 0 Å². The first-order chi connectivity index (χ1) is 9.67. The molecule has 0 bridgehead atoms. The van der Waals surface area contributed by atoms with Crippen molar-refractivity contribution >= 4 is 25.7 Å². The molecule has 1 heterocycles. The molecule has 21 heavy (non-hydrogen) atoms. The molecule has 0 aromatic heterocycles. The van der Waals surface area contributed by atoms with Gasteiger partial charge in [0.25, 0.3) is 0 Å². The molecule has 0 aliphatic carbocycles. The summed E-state index contributed by atoms with van der Waals surface area (Å²) >= 11 is 0. The van der Waals surface area contributed by atoms with E-state index in [2.05, 4.69) is 10.0 Å². The second-order valence-corrected chi connectivity index (χ2v) is 8.29. The van der Waals surface area contributed by atoms with E-state index in [1.165, 1.54) is 0 Å². The Hall–Kier alpha value is -1.23. The summed E-state index contributed by atoms with van der Waals surface area (Å²) in [7, 11) is -7.46. The Morgan fingerprint density at radius 3 is 2.52 bits per heavy atom. The molecule has 0 amide bonds. The second kappa shape index (κ2) is 5.87. The van der Waals surface area contributed by atoms with Crippen LogP contribution in [0.5, 0.6) is 0 Å². The van der Waals surface area contributed by atoms with Crippen LogP contribution in [-0.2, 0) is 20.0 Å². The number of hydrogen-bond acceptors (Lipinski definition) is 5. The van der Waals surface area contributed by atoms with E-state index in [1.54, 1.807) is 0 Å². The number of anilines is 1. The minimum Gasteiger partial charge on any atom is -0.315 e. The molecule has 118 valence electrons. The van der Waals surface area contributed by atoms with Crippen LogP contribution in [0.4, 0.5) is 10.1 Å². The summed E-state index contributed by atoms with van der Waals surface area (Å²) in [5, 5.41) is 3.01. The highest BCUT2D eigenvalue weighted by atomic mass is 32.2. The smallest absolute Gasteiger partial charge is 0.240 e. The number of halogens is 1. The Morgan fingerprint density at radius 1 is 1.29 bits per heavy atom. The van der Waals surface area contributed by atoms with Crippen LogP contribution in [0.2, 0.25) is 0 Å². The predicted octanol–water partition coefficient (Wildman–Crippen LogP) is -0.163. The molecule has 0 radical (unpaired) electrons. The van der Waals surface area contributed by atoms with Gasteiger partial charge in [-0.1, -0.05) is 0 Å². The summed E-state index contributed by atoms with van der Waals surface area (Å²) in [6.45, 7) is 1.24. The van der Waals surface area contributed by atoms with Crippen molar-refractivity contribution in [2.45, 2.75) is 17.4 Å². The summed E-state index contributed by atoms with van der Waals surface area (Å²) in [5.41, 5.74) is -0.293. The zero-order valence-electron chi connectivity index (χ0n) is 11.3. The standard InChI is InChI=1S/C11H16FN3O4S2/c1-20(16,17)15-11-3-2-9(6-10(11)12)21(18,19)14-8-4-5-13-7-8/h2-3,6,8,13-15H,4-5,7H2,1H3. The van der Waals surface area contributed by atoms with Gasteiger partial charge in [-0.15, -0.1) is 0 Å². The molecule has 1 fully saturated rings. The van der Waals surface area contributed by atoms with Crippen molar-refractivity contribution in [3.8, 4) is 0 Å². The lowest BCUT2D eigenvalue weighted by molar-refractivity contribution is 0.558. The van der Waals surface area contributed by atoms with Crippen LogP contribution in [-0.4, -0.2) is 42.2 Å². The minimum absolute atomic E-state index is 0.230. The Kier molecular flexibility index (Phi) is 4.51. The quantitative estimate of drug-likeness (QED) is 0.692. The molecule has 1 aliphatic heterocycles. The summed E-state index contributed by atoms with van der Waals surface area (Å²) in [6.07, 6.45) is 1.54. The molecule has 10 heteroatoms. The monoisotopic (exact) mass is 337 g/mol. The van der Waals surface area contributed by atoms with E-state index in [9.17, 15) is 21.2 Å². The Bertz CT molecular complexity index is 728. The second-order valence-electron chi connectivity index (χ2n) is 4.83. The summed E-state index contributed by atoms with van der Waals surface area (Å²) in [6, 6.07) is 2.80. The van der Waals surface area contributed by atoms with Gasteiger partial charge in [0.05, 0.1) is 16.8 Å².